The largest absolute Gasteiger partial charge is 0.490 e. The average Bonchev–Trinajstić information content (AvgIpc) is 3.23. The zero-order chi connectivity index (χ0) is 35.0. The van der Waals surface area contributed by atoms with Crippen molar-refractivity contribution in [2.75, 3.05) is 20.1 Å². The van der Waals surface area contributed by atoms with Gasteiger partial charge in [-0.25, -0.2) is 27.8 Å². The summed E-state index contributed by atoms with van der Waals surface area (Å²) in [6.45, 7) is 1.50. The van der Waals surface area contributed by atoms with E-state index in [0.717, 1.165) is 0 Å². The summed E-state index contributed by atoms with van der Waals surface area (Å²) < 4.78 is 129. The van der Waals surface area contributed by atoms with Gasteiger partial charge >= 0.3 is 36.4 Å². The van der Waals surface area contributed by atoms with Crippen LogP contribution in [0.25, 0.3) is 0 Å². The summed E-state index contributed by atoms with van der Waals surface area (Å²) in [5.74, 6) is -8.08. The molecule has 252 valence electrons. The minimum absolute atomic E-state index is 0.123. The van der Waals surface area contributed by atoms with E-state index in [2.05, 4.69) is 14.9 Å². The summed E-state index contributed by atoms with van der Waals surface area (Å²) in [4.78, 5) is 37.3. The van der Waals surface area contributed by atoms with Crippen LogP contribution in [-0.2, 0) is 31.0 Å². The lowest BCUT2D eigenvalue weighted by Gasteiger charge is -2.27. The van der Waals surface area contributed by atoms with Gasteiger partial charge in [-0.15, -0.1) is 0 Å². The van der Waals surface area contributed by atoms with Crippen LogP contribution in [0.4, 0.5) is 39.5 Å². The Kier molecular flexibility index (Phi) is 13.1. The third-order valence-corrected chi connectivity index (χ3v) is 7.03. The lowest BCUT2D eigenvalue weighted by Crippen LogP contribution is -2.46. The number of carboxylic acids is 3. The van der Waals surface area contributed by atoms with Gasteiger partial charge in [0, 0.05) is 25.5 Å². The van der Waals surface area contributed by atoms with Crippen LogP contribution in [0.15, 0.2) is 47.6 Å². The SMILES string of the molecule is CN1CC2Oc3ncccc3S(=O)(=O)N(Cc3ccccn3)C2C1.O=C(O)C(F)(F)F.O=C(O)C(F)(F)F.O=C(O)C(F)(F)F. The fourth-order valence-corrected chi connectivity index (χ4v) is 4.98. The van der Waals surface area contributed by atoms with E-state index in [0.29, 0.717) is 18.8 Å². The van der Waals surface area contributed by atoms with Gasteiger partial charge in [0.05, 0.1) is 18.3 Å². The normalized spacial score (nSPS) is 19.2. The van der Waals surface area contributed by atoms with Crippen molar-refractivity contribution in [3.05, 3.63) is 48.4 Å². The number of rotatable bonds is 2. The van der Waals surface area contributed by atoms with Gasteiger partial charge in [-0.2, -0.15) is 43.8 Å². The van der Waals surface area contributed by atoms with E-state index in [1.54, 1.807) is 24.5 Å². The third-order valence-electron chi connectivity index (χ3n) is 5.15. The van der Waals surface area contributed by atoms with Crippen molar-refractivity contribution >= 4 is 27.9 Å². The number of carbonyl (C=O) groups is 3. The van der Waals surface area contributed by atoms with Gasteiger partial charge in [0.2, 0.25) is 15.9 Å². The fraction of sp³-hybridized carbons (Fsp3) is 0.409. The molecule has 2 atom stereocenters. The molecule has 13 nitrogen and oxygen atoms in total. The second kappa shape index (κ2) is 15.2. The molecule has 2 aromatic rings. The molecule has 45 heavy (non-hydrogen) atoms. The van der Waals surface area contributed by atoms with Crippen molar-refractivity contribution < 1.29 is 82.4 Å². The molecule has 3 N–H and O–H groups in total. The number of carboxylic acid groups (broad SMARTS) is 3. The van der Waals surface area contributed by atoms with Crippen LogP contribution in [0.5, 0.6) is 5.88 Å². The zero-order valence-corrected chi connectivity index (χ0v) is 23.0. The number of halogens is 9. The molecule has 2 aliphatic heterocycles. The first-order chi connectivity index (χ1) is 20.4. The first-order valence-corrected chi connectivity index (χ1v) is 12.9. The number of alkyl halides is 9. The Labute approximate surface area is 246 Å². The van der Waals surface area contributed by atoms with E-state index < -0.39 is 46.5 Å². The number of likely N-dealkylation sites (tertiary alicyclic amines) is 1. The van der Waals surface area contributed by atoms with Crippen molar-refractivity contribution in [2.45, 2.75) is 42.1 Å². The highest BCUT2D eigenvalue weighted by atomic mass is 32.2. The lowest BCUT2D eigenvalue weighted by atomic mass is 10.2. The van der Waals surface area contributed by atoms with E-state index >= 15 is 0 Å². The Bertz CT molecular complexity index is 1370. The monoisotopic (exact) mass is 688 g/mol. The first-order valence-electron chi connectivity index (χ1n) is 11.5. The molecule has 2 unspecified atom stereocenters. The van der Waals surface area contributed by atoms with Crippen molar-refractivity contribution in [2.24, 2.45) is 0 Å². The van der Waals surface area contributed by atoms with E-state index in [1.165, 1.54) is 4.31 Å². The van der Waals surface area contributed by atoms with E-state index in [1.807, 2.05) is 25.2 Å². The number of hydrogen-bond acceptors (Lipinski definition) is 9. The highest BCUT2D eigenvalue weighted by Gasteiger charge is 2.47. The molecule has 0 spiro atoms. The van der Waals surface area contributed by atoms with Crippen LogP contribution in [0, 0.1) is 0 Å². The van der Waals surface area contributed by atoms with Crippen molar-refractivity contribution in [3.8, 4) is 5.88 Å². The number of pyridine rings is 2. The number of hydrogen-bond donors (Lipinski definition) is 3. The number of aromatic nitrogens is 2. The maximum Gasteiger partial charge on any atom is 0.490 e. The summed E-state index contributed by atoms with van der Waals surface area (Å²) in [7, 11) is -1.75. The van der Waals surface area contributed by atoms with Crippen molar-refractivity contribution in [1.29, 1.82) is 0 Å². The molecule has 23 heteroatoms. The molecule has 0 aromatic carbocycles. The topological polar surface area (TPSA) is 188 Å². The van der Waals surface area contributed by atoms with Gasteiger partial charge in [0.25, 0.3) is 0 Å². The maximum absolute atomic E-state index is 13.2. The van der Waals surface area contributed by atoms with Gasteiger partial charge in [-0.3, -0.25) is 4.98 Å². The van der Waals surface area contributed by atoms with Crippen LogP contribution < -0.4 is 4.74 Å². The van der Waals surface area contributed by atoms with Gasteiger partial charge in [-0.1, -0.05) is 6.07 Å². The number of aliphatic carboxylic acids is 3. The number of ether oxygens (including phenoxy) is 1. The molecule has 1 fully saturated rings. The standard InChI is InChI=1S/C16H18N4O3S.3C2HF3O2/c1-19-10-13-14(11-19)23-16-15(6-4-8-18-16)24(21,22)20(13)9-12-5-2-3-7-17-12;3*3-2(4,5)1(6)7/h2-8,13-14H,9-11H2,1H3;3*(H,6,7). The molecule has 4 rings (SSSR count). The number of nitrogens with zero attached hydrogens (tertiary/aromatic N) is 4. The molecular weight excluding hydrogens is 667 g/mol. The number of fused-ring (bicyclic) bond motifs is 2. The van der Waals surface area contributed by atoms with Crippen molar-refractivity contribution in [1.82, 2.24) is 19.2 Å². The van der Waals surface area contributed by atoms with Gasteiger partial charge in [-0.05, 0) is 31.3 Å². The predicted molar refractivity (Wildman–Crippen MR) is 128 cm³/mol. The summed E-state index contributed by atoms with van der Waals surface area (Å²) >= 11 is 0. The summed E-state index contributed by atoms with van der Waals surface area (Å²) in [6.07, 6.45) is -12.3. The first kappa shape index (κ1) is 38.8. The Hall–Kier alpha value is -4.25. The van der Waals surface area contributed by atoms with Crippen LogP contribution in [0.1, 0.15) is 5.69 Å². The summed E-state index contributed by atoms with van der Waals surface area (Å²) in [5.41, 5.74) is 0.710. The summed E-state index contributed by atoms with van der Waals surface area (Å²) in [6, 6.07) is 8.40. The van der Waals surface area contributed by atoms with Gasteiger partial charge in [0.15, 0.2) is 0 Å². The molecule has 1 saturated heterocycles. The molecule has 0 bridgehead atoms. The smallest absolute Gasteiger partial charge is 0.475 e. The fourth-order valence-electron chi connectivity index (χ4n) is 3.30. The highest BCUT2D eigenvalue weighted by Crippen LogP contribution is 2.35. The second-order valence-electron chi connectivity index (χ2n) is 8.53. The Balaban J connectivity index is 0.000000396. The third kappa shape index (κ3) is 12.0. The van der Waals surface area contributed by atoms with Crippen LogP contribution >= 0.6 is 0 Å². The summed E-state index contributed by atoms with van der Waals surface area (Å²) in [5, 5.41) is 21.4. The lowest BCUT2D eigenvalue weighted by molar-refractivity contribution is -0.193. The van der Waals surface area contributed by atoms with Crippen LogP contribution in [0.2, 0.25) is 0 Å². The van der Waals surface area contributed by atoms with E-state index in [-0.39, 0.29) is 29.5 Å². The van der Waals surface area contributed by atoms with Crippen LogP contribution in [-0.4, -0.2) is 112 Å². The van der Waals surface area contributed by atoms with Gasteiger partial charge in [0.1, 0.15) is 11.0 Å². The Morgan fingerprint density at radius 2 is 1.29 bits per heavy atom. The second-order valence-corrected chi connectivity index (χ2v) is 10.4. The Morgan fingerprint density at radius 3 is 1.71 bits per heavy atom. The molecule has 2 aliphatic rings. The molecule has 0 radical (unpaired) electrons. The maximum atomic E-state index is 13.2. The van der Waals surface area contributed by atoms with E-state index in [4.69, 9.17) is 34.4 Å². The predicted octanol–water partition coefficient (Wildman–Crippen LogP) is 2.64. The quantitative estimate of drug-likeness (QED) is 0.392. The molecule has 2 aromatic heterocycles. The molecule has 0 amide bonds. The van der Waals surface area contributed by atoms with Gasteiger partial charge < -0.3 is 25.0 Å². The Morgan fingerprint density at radius 1 is 0.822 bits per heavy atom. The number of likely N-dealkylation sites (N-methyl/N-ethyl adjacent to an activating group) is 1. The average molecular weight is 688 g/mol. The number of sulfonamides is 1. The molecule has 0 saturated carbocycles. The zero-order valence-electron chi connectivity index (χ0n) is 22.2. The highest BCUT2D eigenvalue weighted by molar-refractivity contribution is 7.89. The minimum Gasteiger partial charge on any atom is -0.475 e. The van der Waals surface area contributed by atoms with Crippen molar-refractivity contribution in [3.63, 3.8) is 0 Å². The molecule has 0 aliphatic carbocycles. The van der Waals surface area contributed by atoms with Crippen LogP contribution in [0.3, 0.4) is 0 Å². The molecule has 4 heterocycles. The minimum atomic E-state index is -5.08. The van der Waals surface area contributed by atoms with E-state index in [9.17, 15) is 47.9 Å². The molecular formula is C22H21F9N4O9S.